The van der Waals surface area contributed by atoms with Gasteiger partial charge >= 0.3 is 0 Å². The smallest absolute Gasteiger partial charge is 0.162 e. The van der Waals surface area contributed by atoms with E-state index in [0.717, 1.165) is 63.8 Å². The van der Waals surface area contributed by atoms with Crippen molar-refractivity contribution in [3.8, 4) is 11.4 Å². The lowest BCUT2D eigenvalue weighted by atomic mass is 10.1. The Morgan fingerprint density at radius 2 is 2.10 bits per heavy atom. The number of fused-ring (bicyclic) bond motifs is 2. The first-order valence-electron chi connectivity index (χ1n) is 10.3. The van der Waals surface area contributed by atoms with Crippen LogP contribution in [0.2, 0.25) is 0 Å². The largest absolute Gasteiger partial charge is 0.378 e. The summed E-state index contributed by atoms with van der Waals surface area (Å²) in [5.41, 5.74) is 2.95. The summed E-state index contributed by atoms with van der Waals surface area (Å²) in [4.78, 5) is 17.9. The molecule has 0 amide bonds. The van der Waals surface area contributed by atoms with Crippen molar-refractivity contribution in [1.82, 2.24) is 29.7 Å². The van der Waals surface area contributed by atoms with Gasteiger partial charge in [-0.2, -0.15) is 5.10 Å². The van der Waals surface area contributed by atoms with Gasteiger partial charge < -0.3 is 14.2 Å². The van der Waals surface area contributed by atoms with Crippen molar-refractivity contribution in [3.63, 3.8) is 0 Å². The maximum atomic E-state index is 5.58. The standard InChI is InChI=1S/C22H21N7OS/c1-14-23-5-6-29(14)13-15-11-19-20(31-15)22(28-7-9-30-10-8-28)26-21(25-19)16-3-2-4-18-17(16)12-24-27-18/h2-6,11-12H,7-10,13H2,1H3,(H,24,27). The van der Waals surface area contributed by atoms with Crippen LogP contribution in [-0.4, -0.2) is 56.0 Å². The Kier molecular flexibility index (Phi) is 4.43. The molecule has 0 aliphatic carbocycles. The minimum atomic E-state index is 0.713. The highest BCUT2D eigenvalue weighted by molar-refractivity contribution is 7.19. The molecular weight excluding hydrogens is 410 g/mol. The van der Waals surface area contributed by atoms with Crippen LogP contribution in [0.15, 0.2) is 42.9 Å². The van der Waals surface area contributed by atoms with Crippen molar-refractivity contribution < 1.29 is 4.74 Å². The molecule has 0 atom stereocenters. The van der Waals surface area contributed by atoms with E-state index in [1.807, 2.05) is 37.6 Å². The van der Waals surface area contributed by atoms with E-state index in [1.165, 1.54) is 4.88 Å². The molecule has 0 spiro atoms. The first kappa shape index (κ1) is 18.5. The molecule has 1 N–H and O–H groups in total. The number of nitrogens with one attached hydrogen (secondary N) is 1. The predicted octanol–water partition coefficient (Wildman–Crippen LogP) is 3.62. The number of hydrogen-bond acceptors (Lipinski definition) is 7. The van der Waals surface area contributed by atoms with Crippen LogP contribution in [0.5, 0.6) is 0 Å². The van der Waals surface area contributed by atoms with E-state index < -0.39 is 0 Å². The third-order valence-corrected chi connectivity index (χ3v) is 6.80. The van der Waals surface area contributed by atoms with Gasteiger partial charge in [0.05, 0.1) is 41.7 Å². The van der Waals surface area contributed by atoms with E-state index in [4.69, 9.17) is 14.7 Å². The number of benzene rings is 1. The number of ether oxygens (including phenoxy) is 1. The minimum Gasteiger partial charge on any atom is -0.378 e. The summed E-state index contributed by atoms with van der Waals surface area (Å²) >= 11 is 1.76. The van der Waals surface area contributed by atoms with Gasteiger partial charge in [-0.3, -0.25) is 5.10 Å². The molecule has 1 aliphatic rings. The second-order valence-electron chi connectivity index (χ2n) is 7.64. The molecule has 0 saturated carbocycles. The topological polar surface area (TPSA) is 84.8 Å². The average Bonchev–Trinajstić information content (AvgIpc) is 3.53. The van der Waals surface area contributed by atoms with Crippen LogP contribution in [0, 0.1) is 6.92 Å². The quantitative estimate of drug-likeness (QED) is 0.468. The highest BCUT2D eigenvalue weighted by Gasteiger charge is 2.21. The van der Waals surface area contributed by atoms with Crippen molar-refractivity contribution in [1.29, 1.82) is 0 Å². The molecule has 1 fully saturated rings. The molecule has 1 aromatic carbocycles. The van der Waals surface area contributed by atoms with Gasteiger partial charge in [0.2, 0.25) is 0 Å². The Morgan fingerprint density at radius 1 is 1.19 bits per heavy atom. The molecule has 0 radical (unpaired) electrons. The number of morpholine rings is 1. The zero-order chi connectivity index (χ0) is 20.8. The maximum absolute atomic E-state index is 5.58. The Balaban J connectivity index is 1.51. The summed E-state index contributed by atoms with van der Waals surface area (Å²) < 4.78 is 8.85. The molecule has 6 rings (SSSR count). The van der Waals surface area contributed by atoms with Crippen LogP contribution in [0.4, 0.5) is 5.82 Å². The summed E-state index contributed by atoms with van der Waals surface area (Å²) in [5, 5.41) is 8.27. The monoisotopic (exact) mass is 431 g/mol. The average molecular weight is 432 g/mol. The Labute approximate surface area is 182 Å². The first-order valence-corrected chi connectivity index (χ1v) is 11.1. The molecule has 4 aromatic heterocycles. The normalized spacial score (nSPS) is 14.7. The lowest BCUT2D eigenvalue weighted by molar-refractivity contribution is 0.122. The number of hydrogen-bond donors (Lipinski definition) is 1. The zero-order valence-corrected chi connectivity index (χ0v) is 17.9. The lowest BCUT2D eigenvalue weighted by Gasteiger charge is -2.28. The number of aromatic nitrogens is 6. The number of thiophene rings is 1. The molecular formula is C22H21N7OS. The van der Waals surface area contributed by atoms with Gasteiger partial charge in [0.15, 0.2) is 11.6 Å². The fourth-order valence-electron chi connectivity index (χ4n) is 4.05. The zero-order valence-electron chi connectivity index (χ0n) is 17.1. The first-order chi connectivity index (χ1) is 15.3. The van der Waals surface area contributed by atoms with E-state index in [-0.39, 0.29) is 0 Å². The van der Waals surface area contributed by atoms with Crippen molar-refractivity contribution in [3.05, 3.63) is 53.6 Å². The Hall–Kier alpha value is -3.30. The van der Waals surface area contributed by atoms with Gasteiger partial charge in [-0.1, -0.05) is 12.1 Å². The Bertz CT molecular complexity index is 1380. The highest BCUT2D eigenvalue weighted by atomic mass is 32.1. The SMILES string of the molecule is Cc1nccn1Cc1cc2nc(-c3cccc4[nH]ncc34)nc(N3CCOCC3)c2s1. The highest BCUT2D eigenvalue weighted by Crippen LogP contribution is 2.36. The Morgan fingerprint density at radius 3 is 2.94 bits per heavy atom. The fraction of sp³-hybridized carbons (Fsp3) is 0.273. The van der Waals surface area contributed by atoms with E-state index in [2.05, 4.69) is 36.8 Å². The molecule has 0 bridgehead atoms. The van der Waals surface area contributed by atoms with Crippen molar-refractivity contribution in [2.75, 3.05) is 31.2 Å². The summed E-state index contributed by atoms with van der Waals surface area (Å²) in [6.45, 7) is 5.89. The molecule has 9 heteroatoms. The van der Waals surface area contributed by atoms with E-state index in [0.29, 0.717) is 13.2 Å². The summed E-state index contributed by atoms with van der Waals surface area (Å²) in [5.74, 6) is 2.72. The number of imidazole rings is 1. The second kappa shape index (κ2) is 7.44. The van der Waals surface area contributed by atoms with Gasteiger partial charge in [-0.15, -0.1) is 11.3 Å². The van der Waals surface area contributed by atoms with Gasteiger partial charge in [-0.25, -0.2) is 15.0 Å². The number of nitrogens with zero attached hydrogens (tertiary/aromatic N) is 6. The number of rotatable bonds is 4. The van der Waals surface area contributed by atoms with Crippen LogP contribution in [-0.2, 0) is 11.3 Å². The summed E-state index contributed by atoms with van der Waals surface area (Å²) in [6.07, 6.45) is 5.69. The van der Waals surface area contributed by atoms with E-state index in [1.54, 1.807) is 11.3 Å². The second-order valence-corrected chi connectivity index (χ2v) is 8.77. The summed E-state index contributed by atoms with van der Waals surface area (Å²) in [6, 6.07) is 8.27. The third-order valence-electron chi connectivity index (χ3n) is 5.69. The van der Waals surface area contributed by atoms with Crippen molar-refractivity contribution >= 4 is 38.3 Å². The molecule has 31 heavy (non-hydrogen) atoms. The van der Waals surface area contributed by atoms with Gasteiger partial charge in [0, 0.05) is 41.3 Å². The number of aryl methyl sites for hydroxylation is 1. The molecule has 1 aliphatic heterocycles. The third kappa shape index (κ3) is 3.26. The van der Waals surface area contributed by atoms with Crippen LogP contribution in [0.1, 0.15) is 10.7 Å². The lowest BCUT2D eigenvalue weighted by Crippen LogP contribution is -2.36. The van der Waals surface area contributed by atoms with E-state index in [9.17, 15) is 0 Å². The molecule has 0 unspecified atom stereocenters. The molecule has 5 aromatic rings. The minimum absolute atomic E-state index is 0.713. The van der Waals surface area contributed by atoms with Crippen LogP contribution < -0.4 is 4.90 Å². The molecule has 5 heterocycles. The number of H-pyrrole nitrogens is 1. The van der Waals surface area contributed by atoms with Crippen LogP contribution >= 0.6 is 11.3 Å². The number of aromatic amines is 1. The van der Waals surface area contributed by atoms with E-state index >= 15 is 0 Å². The molecule has 8 nitrogen and oxygen atoms in total. The van der Waals surface area contributed by atoms with Crippen LogP contribution in [0.25, 0.3) is 32.5 Å². The van der Waals surface area contributed by atoms with Gasteiger partial charge in [-0.05, 0) is 19.1 Å². The van der Waals surface area contributed by atoms with Crippen molar-refractivity contribution in [2.24, 2.45) is 0 Å². The number of anilines is 1. The maximum Gasteiger partial charge on any atom is 0.162 e. The molecule has 1 saturated heterocycles. The fourth-order valence-corrected chi connectivity index (χ4v) is 5.17. The predicted molar refractivity (Wildman–Crippen MR) is 122 cm³/mol. The summed E-state index contributed by atoms with van der Waals surface area (Å²) in [7, 11) is 0. The van der Waals surface area contributed by atoms with Gasteiger partial charge in [0.25, 0.3) is 0 Å². The van der Waals surface area contributed by atoms with Crippen molar-refractivity contribution in [2.45, 2.75) is 13.5 Å². The van der Waals surface area contributed by atoms with Gasteiger partial charge in [0.1, 0.15) is 5.82 Å². The molecule has 156 valence electrons. The van der Waals surface area contributed by atoms with Crippen LogP contribution in [0.3, 0.4) is 0 Å².